The average molecular weight is 292 g/mol. The highest BCUT2D eigenvalue weighted by Crippen LogP contribution is 2.17. The first-order valence-corrected chi connectivity index (χ1v) is 6.98. The maximum atomic E-state index is 12.0. The molecule has 0 radical (unpaired) electrons. The van der Waals surface area contributed by atoms with E-state index in [1.165, 1.54) is 24.3 Å². The quantitative estimate of drug-likeness (QED) is 0.641. The number of anilines is 1. The molecule has 2 unspecified atom stereocenters. The molecule has 0 bridgehead atoms. The lowest BCUT2D eigenvalue weighted by Crippen LogP contribution is -2.48. The number of rotatable bonds is 4. The van der Waals surface area contributed by atoms with Gasteiger partial charge in [0.05, 0.1) is 11.5 Å². The zero-order valence-electron chi connectivity index (χ0n) is 12.0. The minimum absolute atomic E-state index is 0.00634. The lowest BCUT2D eigenvalue weighted by molar-refractivity contribution is -0.384. The number of amides is 1. The number of benzene rings is 1. The molecule has 7 heteroatoms. The van der Waals surface area contributed by atoms with Crippen LogP contribution in [0.15, 0.2) is 24.3 Å². The smallest absolute Gasteiger partial charge is 0.269 e. The first kappa shape index (κ1) is 15.4. The van der Waals surface area contributed by atoms with E-state index in [9.17, 15) is 14.9 Å². The van der Waals surface area contributed by atoms with Crippen LogP contribution in [0.3, 0.4) is 0 Å². The molecule has 0 aliphatic carbocycles. The summed E-state index contributed by atoms with van der Waals surface area (Å²) in [6.45, 7) is 4.03. The van der Waals surface area contributed by atoms with E-state index in [0.29, 0.717) is 18.2 Å². The number of nitrogens with two attached hydrogens (primary N) is 1. The van der Waals surface area contributed by atoms with Crippen molar-refractivity contribution < 1.29 is 9.72 Å². The molecule has 1 aromatic carbocycles. The number of nitrogens with zero attached hydrogens (tertiary/aromatic N) is 2. The van der Waals surface area contributed by atoms with E-state index in [-0.39, 0.29) is 17.6 Å². The zero-order valence-corrected chi connectivity index (χ0v) is 12.0. The Hall–Kier alpha value is -1.99. The molecule has 1 saturated heterocycles. The Labute approximate surface area is 123 Å². The molecule has 0 saturated carbocycles. The van der Waals surface area contributed by atoms with Gasteiger partial charge < -0.3 is 11.1 Å². The summed E-state index contributed by atoms with van der Waals surface area (Å²) in [5.41, 5.74) is 6.52. The van der Waals surface area contributed by atoms with Crippen molar-refractivity contribution in [2.24, 2.45) is 11.7 Å². The van der Waals surface area contributed by atoms with Gasteiger partial charge in [-0.15, -0.1) is 0 Å². The summed E-state index contributed by atoms with van der Waals surface area (Å²) in [6.07, 6.45) is 0.895. The molecular weight excluding hydrogens is 272 g/mol. The van der Waals surface area contributed by atoms with Gasteiger partial charge in [-0.25, -0.2) is 0 Å². The summed E-state index contributed by atoms with van der Waals surface area (Å²) < 4.78 is 0. The number of likely N-dealkylation sites (tertiary alicyclic amines) is 1. The van der Waals surface area contributed by atoms with Crippen LogP contribution in [0.2, 0.25) is 0 Å². The van der Waals surface area contributed by atoms with Gasteiger partial charge in [0, 0.05) is 37.0 Å². The van der Waals surface area contributed by atoms with Gasteiger partial charge in [0.15, 0.2) is 0 Å². The van der Waals surface area contributed by atoms with Crippen LogP contribution in [0, 0.1) is 16.0 Å². The highest BCUT2D eigenvalue weighted by molar-refractivity contribution is 5.92. The van der Waals surface area contributed by atoms with Crippen LogP contribution in [0.5, 0.6) is 0 Å². The van der Waals surface area contributed by atoms with E-state index in [1.54, 1.807) is 0 Å². The number of piperidine rings is 1. The molecule has 3 N–H and O–H groups in total. The Morgan fingerprint density at radius 3 is 2.71 bits per heavy atom. The molecule has 21 heavy (non-hydrogen) atoms. The second kappa shape index (κ2) is 6.64. The molecule has 114 valence electrons. The lowest BCUT2D eigenvalue weighted by Gasteiger charge is -2.34. The molecule has 1 aliphatic heterocycles. The van der Waals surface area contributed by atoms with Crippen molar-refractivity contribution in [3.05, 3.63) is 34.4 Å². The van der Waals surface area contributed by atoms with Crippen LogP contribution in [0.25, 0.3) is 0 Å². The SMILES string of the molecule is CC1CN(CC(=O)Nc2ccc([N+](=O)[O-])cc2)CCC1N. The van der Waals surface area contributed by atoms with E-state index in [1.807, 2.05) is 0 Å². The van der Waals surface area contributed by atoms with E-state index in [4.69, 9.17) is 5.73 Å². The number of carbonyl (C=O) groups is 1. The Balaban J connectivity index is 1.85. The minimum Gasteiger partial charge on any atom is -0.327 e. The van der Waals surface area contributed by atoms with Gasteiger partial charge in [0.1, 0.15) is 0 Å². The van der Waals surface area contributed by atoms with Crippen molar-refractivity contribution in [3.63, 3.8) is 0 Å². The number of nitrogens with one attached hydrogen (secondary N) is 1. The van der Waals surface area contributed by atoms with Crippen molar-refractivity contribution in [1.29, 1.82) is 0 Å². The van der Waals surface area contributed by atoms with E-state index >= 15 is 0 Å². The highest BCUT2D eigenvalue weighted by Gasteiger charge is 2.24. The topological polar surface area (TPSA) is 102 Å². The van der Waals surface area contributed by atoms with E-state index < -0.39 is 4.92 Å². The second-order valence-electron chi connectivity index (χ2n) is 5.52. The first-order chi connectivity index (χ1) is 9.95. The van der Waals surface area contributed by atoms with Crippen molar-refractivity contribution >= 4 is 17.3 Å². The number of nitro benzene ring substituents is 1. The summed E-state index contributed by atoms with van der Waals surface area (Å²) in [4.78, 5) is 24.1. The highest BCUT2D eigenvalue weighted by atomic mass is 16.6. The van der Waals surface area contributed by atoms with Crippen LogP contribution in [0.4, 0.5) is 11.4 Å². The van der Waals surface area contributed by atoms with Crippen molar-refractivity contribution in [1.82, 2.24) is 4.90 Å². The Kier molecular flexibility index (Phi) is 4.87. The molecule has 1 aliphatic rings. The Morgan fingerprint density at radius 2 is 2.14 bits per heavy atom. The summed E-state index contributed by atoms with van der Waals surface area (Å²) in [5, 5.41) is 13.3. The number of non-ortho nitro benzene ring substituents is 1. The van der Waals surface area contributed by atoms with Crippen molar-refractivity contribution in [3.8, 4) is 0 Å². The minimum atomic E-state index is -0.468. The normalized spacial score (nSPS) is 22.8. The first-order valence-electron chi connectivity index (χ1n) is 6.98. The van der Waals surface area contributed by atoms with Crippen molar-refractivity contribution in [2.45, 2.75) is 19.4 Å². The average Bonchev–Trinajstić information content (AvgIpc) is 2.43. The Morgan fingerprint density at radius 1 is 1.48 bits per heavy atom. The number of hydrogen-bond donors (Lipinski definition) is 2. The fourth-order valence-corrected chi connectivity index (χ4v) is 2.46. The summed E-state index contributed by atoms with van der Waals surface area (Å²) in [7, 11) is 0. The predicted octanol–water partition coefficient (Wildman–Crippen LogP) is 1.20. The molecule has 1 fully saturated rings. The predicted molar refractivity (Wildman–Crippen MR) is 79.9 cm³/mol. The van der Waals surface area contributed by atoms with Gasteiger partial charge in [-0.2, -0.15) is 0 Å². The largest absolute Gasteiger partial charge is 0.327 e. The Bertz CT molecular complexity index is 517. The summed E-state index contributed by atoms with van der Waals surface area (Å²) in [6, 6.07) is 6.02. The molecule has 1 amide bonds. The molecule has 0 spiro atoms. The van der Waals surface area contributed by atoms with Gasteiger partial charge in [0.25, 0.3) is 5.69 Å². The third-order valence-corrected chi connectivity index (χ3v) is 3.78. The number of hydrogen-bond acceptors (Lipinski definition) is 5. The van der Waals surface area contributed by atoms with Crippen molar-refractivity contribution in [2.75, 3.05) is 25.0 Å². The molecule has 1 heterocycles. The van der Waals surface area contributed by atoms with Gasteiger partial charge in [-0.1, -0.05) is 6.92 Å². The monoisotopic (exact) mass is 292 g/mol. The maximum Gasteiger partial charge on any atom is 0.269 e. The van der Waals surface area contributed by atoms with Gasteiger partial charge in [0.2, 0.25) is 5.91 Å². The zero-order chi connectivity index (χ0) is 15.4. The fourth-order valence-electron chi connectivity index (χ4n) is 2.46. The van der Waals surface area contributed by atoms with Gasteiger partial charge in [-0.05, 0) is 24.5 Å². The lowest BCUT2D eigenvalue weighted by atomic mass is 9.95. The van der Waals surface area contributed by atoms with Crippen LogP contribution < -0.4 is 11.1 Å². The standard InChI is InChI=1S/C14H20N4O3/c1-10-8-17(7-6-13(10)15)9-14(19)16-11-2-4-12(5-3-11)18(20)21/h2-5,10,13H,6-9,15H2,1H3,(H,16,19). The molecule has 1 aromatic rings. The maximum absolute atomic E-state index is 12.0. The molecular formula is C14H20N4O3. The van der Waals surface area contributed by atoms with Crippen LogP contribution in [0.1, 0.15) is 13.3 Å². The molecule has 2 atom stereocenters. The van der Waals surface area contributed by atoms with Gasteiger partial charge >= 0.3 is 0 Å². The second-order valence-corrected chi connectivity index (χ2v) is 5.52. The van der Waals surface area contributed by atoms with E-state index in [2.05, 4.69) is 17.1 Å². The fraction of sp³-hybridized carbons (Fsp3) is 0.500. The third kappa shape index (κ3) is 4.24. The molecule has 2 rings (SSSR count). The number of nitro groups is 1. The van der Waals surface area contributed by atoms with E-state index in [0.717, 1.165) is 19.5 Å². The van der Waals surface area contributed by atoms with Crippen LogP contribution in [-0.4, -0.2) is 41.4 Å². The third-order valence-electron chi connectivity index (χ3n) is 3.78. The summed E-state index contributed by atoms with van der Waals surface area (Å²) >= 11 is 0. The summed E-state index contributed by atoms with van der Waals surface area (Å²) in [5.74, 6) is 0.262. The van der Waals surface area contributed by atoms with Crippen LogP contribution >= 0.6 is 0 Å². The molecule has 0 aromatic heterocycles. The van der Waals surface area contributed by atoms with Gasteiger partial charge in [-0.3, -0.25) is 19.8 Å². The molecule has 7 nitrogen and oxygen atoms in total. The number of carbonyl (C=O) groups excluding carboxylic acids is 1. The van der Waals surface area contributed by atoms with Crippen LogP contribution in [-0.2, 0) is 4.79 Å².